The highest BCUT2D eigenvalue weighted by Gasteiger charge is 2.04. The molecule has 1 aromatic rings. The number of rotatable bonds is 1. The van der Waals surface area contributed by atoms with Gasteiger partial charge in [-0.05, 0) is 15.9 Å². The summed E-state index contributed by atoms with van der Waals surface area (Å²) < 4.78 is 0.528. The van der Waals surface area contributed by atoms with Crippen molar-refractivity contribution in [3.05, 3.63) is 10.1 Å². The van der Waals surface area contributed by atoms with Crippen LogP contribution in [-0.2, 0) is 0 Å². The fourth-order valence-corrected chi connectivity index (χ4v) is 1.59. The molecule has 1 aromatic heterocycles. The van der Waals surface area contributed by atoms with Crippen LogP contribution in [-0.4, -0.2) is 16.2 Å². The van der Waals surface area contributed by atoms with Gasteiger partial charge in [0.05, 0.1) is 5.51 Å². The van der Waals surface area contributed by atoms with Gasteiger partial charge in [-0.15, -0.1) is 11.3 Å². The Labute approximate surface area is 69.0 Å². The predicted octanol–water partition coefficient (Wildman–Crippen LogP) is 2.00. The van der Waals surface area contributed by atoms with Gasteiger partial charge in [-0.3, -0.25) is 5.32 Å². The molecule has 0 saturated carbocycles. The zero-order valence-corrected chi connectivity index (χ0v) is 7.07. The molecular weight excluding hydrogens is 220 g/mol. The average Bonchev–Trinajstić information content (AvgIpc) is 2.15. The molecule has 0 aromatic carbocycles. The molecule has 0 unspecified atom stereocenters. The second kappa shape index (κ2) is 2.98. The monoisotopic (exact) mass is 222 g/mol. The first-order chi connectivity index (χ1) is 4.70. The van der Waals surface area contributed by atoms with Crippen molar-refractivity contribution in [2.45, 2.75) is 0 Å². The Balaban J connectivity index is 2.74. The van der Waals surface area contributed by atoms with Crippen molar-refractivity contribution in [2.75, 3.05) is 5.32 Å². The minimum Gasteiger partial charge on any atom is -0.465 e. The molecule has 2 N–H and O–H groups in total. The maximum Gasteiger partial charge on any atom is 0.409 e. The van der Waals surface area contributed by atoms with E-state index in [0.29, 0.717) is 9.60 Å². The van der Waals surface area contributed by atoms with E-state index in [1.54, 1.807) is 5.51 Å². The van der Waals surface area contributed by atoms with E-state index in [4.69, 9.17) is 5.11 Å². The molecule has 6 heteroatoms. The van der Waals surface area contributed by atoms with E-state index in [-0.39, 0.29) is 0 Å². The quantitative estimate of drug-likeness (QED) is 0.765. The van der Waals surface area contributed by atoms with E-state index < -0.39 is 6.09 Å². The molecular formula is C4H3BrN2O2S. The first-order valence-corrected chi connectivity index (χ1v) is 3.96. The molecule has 1 rings (SSSR count). The Hall–Kier alpha value is -0.620. The van der Waals surface area contributed by atoms with E-state index in [2.05, 4.69) is 26.2 Å². The third-order valence-electron chi connectivity index (χ3n) is 0.744. The Kier molecular flexibility index (Phi) is 2.23. The zero-order chi connectivity index (χ0) is 7.56. The number of anilines is 1. The zero-order valence-electron chi connectivity index (χ0n) is 4.67. The minimum atomic E-state index is -1.08. The van der Waals surface area contributed by atoms with Crippen molar-refractivity contribution in [1.29, 1.82) is 0 Å². The number of halogens is 1. The largest absolute Gasteiger partial charge is 0.465 e. The third kappa shape index (κ3) is 1.68. The van der Waals surface area contributed by atoms with E-state index in [9.17, 15) is 4.79 Å². The first kappa shape index (κ1) is 7.49. The van der Waals surface area contributed by atoms with Gasteiger partial charge in [0.25, 0.3) is 0 Å². The summed E-state index contributed by atoms with van der Waals surface area (Å²) in [6.45, 7) is 0. The van der Waals surface area contributed by atoms with Crippen molar-refractivity contribution in [3.8, 4) is 0 Å². The van der Waals surface area contributed by atoms with Crippen LogP contribution in [0.2, 0.25) is 0 Å². The molecule has 0 fully saturated rings. The molecule has 0 bridgehead atoms. The number of aromatic nitrogens is 1. The molecule has 0 radical (unpaired) electrons. The van der Waals surface area contributed by atoms with Gasteiger partial charge in [0.1, 0.15) is 9.60 Å². The highest BCUT2D eigenvalue weighted by atomic mass is 79.9. The van der Waals surface area contributed by atoms with Crippen molar-refractivity contribution in [2.24, 2.45) is 0 Å². The van der Waals surface area contributed by atoms with Gasteiger partial charge in [0.15, 0.2) is 0 Å². The highest BCUT2D eigenvalue weighted by molar-refractivity contribution is 9.10. The fraction of sp³-hybridized carbons (Fsp3) is 0. The van der Waals surface area contributed by atoms with Crippen LogP contribution >= 0.6 is 27.3 Å². The number of amides is 1. The Morgan fingerprint density at radius 2 is 2.60 bits per heavy atom. The predicted molar refractivity (Wildman–Crippen MR) is 41.5 cm³/mol. The molecule has 0 atom stereocenters. The smallest absolute Gasteiger partial charge is 0.409 e. The molecule has 1 amide bonds. The van der Waals surface area contributed by atoms with Crippen LogP contribution in [0.1, 0.15) is 0 Å². The highest BCUT2D eigenvalue weighted by Crippen LogP contribution is 2.24. The normalized spacial score (nSPS) is 9.30. The van der Waals surface area contributed by atoms with Crippen LogP contribution in [0, 0.1) is 0 Å². The number of carboxylic acid groups (broad SMARTS) is 1. The van der Waals surface area contributed by atoms with Crippen molar-refractivity contribution >= 4 is 38.4 Å². The van der Waals surface area contributed by atoms with E-state index >= 15 is 0 Å². The Morgan fingerprint density at radius 1 is 1.90 bits per heavy atom. The number of hydrogen-bond donors (Lipinski definition) is 2. The van der Waals surface area contributed by atoms with E-state index in [1.165, 1.54) is 11.3 Å². The standard InChI is InChI=1S/C4H3BrN2O2S/c5-2-3(7-4(8)9)10-1-6-2/h1,7H,(H,8,9). The molecule has 54 valence electrons. The van der Waals surface area contributed by atoms with Crippen LogP contribution in [0.3, 0.4) is 0 Å². The number of nitrogens with zero attached hydrogens (tertiary/aromatic N) is 1. The lowest BCUT2D eigenvalue weighted by Gasteiger charge is -1.92. The number of thiazole rings is 1. The van der Waals surface area contributed by atoms with Crippen LogP contribution in [0.25, 0.3) is 0 Å². The maximum absolute atomic E-state index is 10.1. The first-order valence-electron chi connectivity index (χ1n) is 2.29. The summed E-state index contributed by atoms with van der Waals surface area (Å²) in [4.78, 5) is 13.8. The summed E-state index contributed by atoms with van der Waals surface area (Å²) >= 11 is 4.30. The van der Waals surface area contributed by atoms with Crippen molar-refractivity contribution in [1.82, 2.24) is 4.98 Å². The molecule has 0 spiro atoms. The number of nitrogens with one attached hydrogen (secondary N) is 1. The Morgan fingerprint density at radius 3 is 3.00 bits per heavy atom. The molecule has 0 aliphatic carbocycles. The van der Waals surface area contributed by atoms with Crippen molar-refractivity contribution in [3.63, 3.8) is 0 Å². The van der Waals surface area contributed by atoms with Crippen LogP contribution < -0.4 is 5.32 Å². The summed E-state index contributed by atoms with van der Waals surface area (Å²) in [5.74, 6) is 0. The summed E-state index contributed by atoms with van der Waals surface area (Å²) in [7, 11) is 0. The second-order valence-electron chi connectivity index (χ2n) is 1.40. The number of hydrogen-bond acceptors (Lipinski definition) is 3. The average molecular weight is 223 g/mol. The topological polar surface area (TPSA) is 62.2 Å². The van der Waals surface area contributed by atoms with Gasteiger partial charge in [0, 0.05) is 0 Å². The van der Waals surface area contributed by atoms with E-state index in [0.717, 1.165) is 0 Å². The molecule has 0 saturated heterocycles. The van der Waals surface area contributed by atoms with Gasteiger partial charge in [-0.2, -0.15) is 0 Å². The number of carbonyl (C=O) groups is 1. The van der Waals surface area contributed by atoms with Gasteiger partial charge >= 0.3 is 6.09 Å². The lowest BCUT2D eigenvalue weighted by atomic mass is 10.8. The lowest BCUT2D eigenvalue weighted by Crippen LogP contribution is -2.05. The van der Waals surface area contributed by atoms with Crippen LogP contribution in [0.15, 0.2) is 10.1 Å². The van der Waals surface area contributed by atoms with E-state index in [1.807, 2.05) is 0 Å². The van der Waals surface area contributed by atoms with Gasteiger partial charge < -0.3 is 5.11 Å². The van der Waals surface area contributed by atoms with Gasteiger partial charge in [0.2, 0.25) is 0 Å². The summed E-state index contributed by atoms with van der Waals surface area (Å²) in [5, 5.41) is 10.9. The SMILES string of the molecule is O=C(O)Nc1scnc1Br. The summed E-state index contributed by atoms with van der Waals surface area (Å²) in [5.41, 5.74) is 1.55. The maximum atomic E-state index is 10.1. The third-order valence-corrected chi connectivity index (χ3v) is 2.35. The van der Waals surface area contributed by atoms with Gasteiger partial charge in [-0.1, -0.05) is 0 Å². The van der Waals surface area contributed by atoms with Crippen LogP contribution in [0.4, 0.5) is 9.80 Å². The van der Waals surface area contributed by atoms with Crippen LogP contribution in [0.5, 0.6) is 0 Å². The molecule has 0 aliphatic rings. The molecule has 1 heterocycles. The summed E-state index contributed by atoms with van der Waals surface area (Å²) in [6.07, 6.45) is -1.08. The fourth-order valence-electron chi connectivity index (χ4n) is 0.411. The molecule has 4 nitrogen and oxygen atoms in total. The summed E-state index contributed by atoms with van der Waals surface area (Å²) in [6, 6.07) is 0. The van der Waals surface area contributed by atoms with Crippen molar-refractivity contribution < 1.29 is 9.90 Å². The van der Waals surface area contributed by atoms with Gasteiger partial charge in [-0.25, -0.2) is 9.78 Å². The second-order valence-corrected chi connectivity index (χ2v) is 3.01. The minimum absolute atomic E-state index is 0.507. The molecule has 10 heavy (non-hydrogen) atoms. The Bertz CT molecular complexity index is 249. The lowest BCUT2D eigenvalue weighted by molar-refractivity contribution is 0.210. The molecule has 0 aliphatic heterocycles.